The van der Waals surface area contributed by atoms with Gasteiger partial charge in [0.05, 0.1) is 23.5 Å². The highest BCUT2D eigenvalue weighted by Gasteiger charge is 2.13. The van der Waals surface area contributed by atoms with Crippen molar-refractivity contribution in [3.63, 3.8) is 0 Å². The largest absolute Gasteiger partial charge is 0.410 e. The third kappa shape index (κ3) is 7.16. The summed E-state index contributed by atoms with van der Waals surface area (Å²) < 4.78 is 4.88. The van der Waals surface area contributed by atoms with Crippen LogP contribution in [0.4, 0.5) is 10.6 Å². The molecule has 11 heteroatoms. The lowest BCUT2D eigenvalue weighted by Crippen LogP contribution is -2.23. The van der Waals surface area contributed by atoms with Gasteiger partial charge in [-0.2, -0.15) is 0 Å². The van der Waals surface area contributed by atoms with Crippen LogP contribution < -0.4 is 21.5 Å². The highest BCUT2D eigenvalue weighted by molar-refractivity contribution is 5.94. The third-order valence-corrected chi connectivity index (χ3v) is 5.99. The lowest BCUT2D eigenvalue weighted by molar-refractivity contribution is -0.121. The van der Waals surface area contributed by atoms with Crippen LogP contribution in [0, 0.1) is 0 Å². The number of carbonyl (C=O) groups is 3. The van der Waals surface area contributed by atoms with Gasteiger partial charge in [-0.15, -0.1) is 0 Å². The molecule has 0 aliphatic rings. The molecule has 3 heterocycles. The number of carbonyl (C=O) groups excluding carboxylic acids is 3. The van der Waals surface area contributed by atoms with Crippen LogP contribution in [-0.4, -0.2) is 51.9 Å². The Kier molecular flexibility index (Phi) is 8.65. The Morgan fingerprint density at radius 1 is 0.950 bits per heavy atom. The number of benzene rings is 1. The minimum atomic E-state index is -0.890. The van der Waals surface area contributed by atoms with Crippen LogP contribution in [0.5, 0.6) is 5.75 Å². The summed E-state index contributed by atoms with van der Waals surface area (Å²) in [6.45, 7) is 0.246. The topological polar surface area (TPSA) is 166 Å². The summed E-state index contributed by atoms with van der Waals surface area (Å²) >= 11 is 0. The molecule has 0 radical (unpaired) electrons. The highest BCUT2D eigenvalue weighted by atomic mass is 16.5. The van der Waals surface area contributed by atoms with E-state index in [1.54, 1.807) is 56.8 Å². The number of amides is 3. The predicted molar refractivity (Wildman–Crippen MR) is 150 cm³/mol. The molecule has 4 aromatic rings. The number of nitrogens with two attached hydrogens (primary N) is 2. The fourth-order valence-corrected chi connectivity index (χ4v) is 3.95. The van der Waals surface area contributed by atoms with Crippen molar-refractivity contribution < 1.29 is 19.1 Å². The zero-order valence-electron chi connectivity index (χ0n) is 22.1. The minimum Gasteiger partial charge on any atom is -0.410 e. The first-order chi connectivity index (χ1) is 19.2. The number of hydrogen-bond acceptors (Lipinski definition) is 8. The lowest BCUT2D eigenvalue weighted by Gasteiger charge is -2.11. The number of nitrogens with zero attached hydrogens (tertiary/aromatic N) is 4. The van der Waals surface area contributed by atoms with E-state index in [4.69, 9.17) is 16.2 Å². The maximum absolute atomic E-state index is 12.5. The van der Waals surface area contributed by atoms with Crippen molar-refractivity contribution in [3.05, 3.63) is 90.0 Å². The van der Waals surface area contributed by atoms with Crippen molar-refractivity contribution in [1.29, 1.82) is 0 Å². The standard InChI is InChI=1S/C29H29N7O4/c1-36(2)28(38)20-7-8-25(33-15-20)24-14-21(16-35-27(24)30)19-10-11-32-22(13-19)17-34-26(37)9-6-18-4-3-5-23(12-18)40-29(31)39/h3-5,7-8,10-16H,6,9,17H2,1-2H3,(H2,30,35)(H2,31,39)(H,34,37). The number of anilines is 1. The Hall–Kier alpha value is -5.32. The van der Waals surface area contributed by atoms with Gasteiger partial charge in [-0.05, 0) is 60.0 Å². The second kappa shape index (κ2) is 12.5. The van der Waals surface area contributed by atoms with E-state index in [0.717, 1.165) is 16.7 Å². The molecule has 0 bridgehead atoms. The molecule has 5 N–H and O–H groups in total. The van der Waals surface area contributed by atoms with Crippen molar-refractivity contribution in [1.82, 2.24) is 25.2 Å². The summed E-state index contributed by atoms with van der Waals surface area (Å²) in [7, 11) is 3.36. The van der Waals surface area contributed by atoms with Crippen molar-refractivity contribution >= 4 is 23.7 Å². The van der Waals surface area contributed by atoms with E-state index >= 15 is 0 Å². The molecule has 0 saturated heterocycles. The monoisotopic (exact) mass is 539 g/mol. The zero-order chi connectivity index (χ0) is 28.6. The third-order valence-electron chi connectivity index (χ3n) is 5.99. The van der Waals surface area contributed by atoms with Crippen molar-refractivity contribution in [2.75, 3.05) is 19.8 Å². The van der Waals surface area contributed by atoms with E-state index in [0.29, 0.717) is 40.5 Å². The Morgan fingerprint density at radius 3 is 2.50 bits per heavy atom. The Labute approximate surface area is 231 Å². The molecule has 0 saturated carbocycles. The first kappa shape index (κ1) is 27.7. The van der Waals surface area contributed by atoms with Crippen molar-refractivity contribution in [3.8, 4) is 28.1 Å². The average molecular weight is 540 g/mol. The molecule has 0 atom stereocenters. The molecule has 40 heavy (non-hydrogen) atoms. The van der Waals surface area contributed by atoms with E-state index in [1.165, 1.54) is 11.1 Å². The summed E-state index contributed by atoms with van der Waals surface area (Å²) in [5.74, 6) is 0.363. The van der Waals surface area contributed by atoms with Gasteiger partial charge in [-0.25, -0.2) is 9.78 Å². The molecule has 0 aliphatic carbocycles. The summed E-state index contributed by atoms with van der Waals surface area (Å²) in [6.07, 6.45) is 4.67. The minimum absolute atomic E-state index is 0.140. The first-order valence-corrected chi connectivity index (χ1v) is 12.4. The summed E-state index contributed by atoms with van der Waals surface area (Å²) in [5, 5.41) is 2.88. The van der Waals surface area contributed by atoms with E-state index in [2.05, 4.69) is 20.3 Å². The Morgan fingerprint density at radius 2 is 1.77 bits per heavy atom. The molecule has 0 unspecified atom stereocenters. The van der Waals surface area contributed by atoms with Gasteiger partial charge in [0, 0.05) is 50.2 Å². The molecular formula is C29H29N7O4. The second-order valence-corrected chi connectivity index (χ2v) is 9.17. The second-order valence-electron chi connectivity index (χ2n) is 9.17. The van der Waals surface area contributed by atoms with Gasteiger partial charge < -0.3 is 26.4 Å². The summed E-state index contributed by atoms with van der Waals surface area (Å²) in [4.78, 5) is 50.2. The molecule has 3 aromatic heterocycles. The molecule has 3 amide bonds. The molecule has 0 aliphatic heterocycles. The van der Waals surface area contributed by atoms with Gasteiger partial charge in [0.1, 0.15) is 11.6 Å². The van der Waals surface area contributed by atoms with Crippen LogP contribution in [0.1, 0.15) is 28.0 Å². The van der Waals surface area contributed by atoms with E-state index in [-0.39, 0.29) is 24.8 Å². The SMILES string of the molecule is CN(C)C(=O)c1ccc(-c2cc(-c3ccnc(CNC(=O)CCc4cccc(OC(N)=O)c4)c3)cnc2N)nc1. The summed E-state index contributed by atoms with van der Waals surface area (Å²) in [5.41, 5.74) is 16.1. The molecule has 4 rings (SSSR count). The van der Waals surface area contributed by atoms with Crippen LogP contribution in [-0.2, 0) is 17.8 Å². The fourth-order valence-electron chi connectivity index (χ4n) is 3.95. The number of pyridine rings is 3. The number of aromatic nitrogens is 3. The smallest absolute Gasteiger partial charge is 0.409 e. The van der Waals surface area contributed by atoms with Gasteiger partial charge >= 0.3 is 6.09 Å². The average Bonchev–Trinajstić information content (AvgIpc) is 2.95. The molecule has 0 fully saturated rings. The number of nitrogen functional groups attached to an aromatic ring is 1. The predicted octanol–water partition coefficient (Wildman–Crippen LogP) is 3.20. The molecule has 204 valence electrons. The normalized spacial score (nSPS) is 10.6. The van der Waals surface area contributed by atoms with Crippen LogP contribution >= 0.6 is 0 Å². The van der Waals surface area contributed by atoms with Gasteiger partial charge in [-0.3, -0.25) is 19.6 Å². The fraction of sp³-hybridized carbons (Fsp3) is 0.172. The number of nitrogens with one attached hydrogen (secondary N) is 1. The Bertz CT molecular complexity index is 1540. The number of ether oxygens (including phenoxy) is 1. The van der Waals surface area contributed by atoms with Crippen molar-refractivity contribution in [2.24, 2.45) is 5.73 Å². The zero-order valence-corrected chi connectivity index (χ0v) is 22.1. The van der Waals surface area contributed by atoms with Crippen LogP contribution in [0.15, 0.2) is 73.2 Å². The van der Waals surface area contributed by atoms with Gasteiger partial charge in [0.15, 0.2) is 0 Å². The van der Waals surface area contributed by atoms with Gasteiger partial charge in [0.2, 0.25) is 5.91 Å². The lowest BCUT2D eigenvalue weighted by atomic mass is 10.0. The van der Waals surface area contributed by atoms with E-state index < -0.39 is 6.09 Å². The maximum atomic E-state index is 12.5. The summed E-state index contributed by atoms with van der Waals surface area (Å²) in [6, 6.07) is 15.9. The Balaban J connectivity index is 1.40. The number of aryl methyl sites for hydroxylation is 1. The van der Waals surface area contributed by atoms with Gasteiger partial charge in [-0.1, -0.05) is 12.1 Å². The van der Waals surface area contributed by atoms with Gasteiger partial charge in [0.25, 0.3) is 5.91 Å². The highest BCUT2D eigenvalue weighted by Crippen LogP contribution is 2.29. The quantitative estimate of drug-likeness (QED) is 0.292. The molecule has 0 spiro atoms. The van der Waals surface area contributed by atoms with E-state index in [1.807, 2.05) is 24.3 Å². The van der Waals surface area contributed by atoms with Crippen LogP contribution in [0.25, 0.3) is 22.4 Å². The maximum Gasteiger partial charge on any atom is 0.409 e. The first-order valence-electron chi connectivity index (χ1n) is 12.4. The van der Waals surface area contributed by atoms with Crippen LogP contribution in [0.2, 0.25) is 0 Å². The van der Waals surface area contributed by atoms with Crippen LogP contribution in [0.3, 0.4) is 0 Å². The molecule has 11 nitrogen and oxygen atoms in total. The van der Waals surface area contributed by atoms with E-state index in [9.17, 15) is 14.4 Å². The number of primary amides is 1. The molecular weight excluding hydrogens is 510 g/mol. The molecule has 1 aromatic carbocycles. The number of hydrogen-bond donors (Lipinski definition) is 3. The van der Waals surface area contributed by atoms with Crippen molar-refractivity contribution in [2.45, 2.75) is 19.4 Å². The number of rotatable bonds is 9.